The predicted octanol–water partition coefficient (Wildman–Crippen LogP) is 3.90. The second-order valence-corrected chi connectivity index (χ2v) is 4.39. The molecule has 1 aromatic rings. The van der Waals surface area contributed by atoms with E-state index in [0.717, 1.165) is 25.0 Å². The number of benzene rings is 1. The highest BCUT2D eigenvalue weighted by Crippen LogP contribution is 2.22. The number of ether oxygens (including phenoxy) is 1. The second kappa shape index (κ2) is 7.02. The first-order valence-corrected chi connectivity index (χ1v) is 6.60. The monoisotopic (exact) mass is 270 g/mol. The zero-order valence-electron chi connectivity index (χ0n) is 9.50. The normalized spacial score (nSPS) is 12.7. The van der Waals surface area contributed by atoms with E-state index in [-0.39, 0.29) is 0 Å². The molecule has 0 bridgehead atoms. The predicted molar refractivity (Wildman–Crippen MR) is 68.8 cm³/mol. The molecule has 0 amide bonds. The molecular weight excluding hydrogens is 252 g/mol. The van der Waals surface area contributed by atoms with Gasteiger partial charge in [0.25, 0.3) is 0 Å². The maximum absolute atomic E-state index is 5.39. The van der Waals surface area contributed by atoms with Gasteiger partial charge in [-0.15, -0.1) is 0 Å². The Morgan fingerprint density at radius 2 is 1.93 bits per heavy atom. The Bertz CT molecular complexity index is 268. The molecule has 0 fully saturated rings. The van der Waals surface area contributed by atoms with E-state index in [1.165, 1.54) is 11.1 Å². The van der Waals surface area contributed by atoms with Crippen molar-refractivity contribution in [3.8, 4) is 0 Å². The van der Waals surface area contributed by atoms with Crippen LogP contribution in [-0.4, -0.2) is 18.5 Å². The number of hydrogen-bond donors (Lipinski definition) is 0. The van der Waals surface area contributed by atoms with Gasteiger partial charge in [0.05, 0.1) is 0 Å². The average molecular weight is 271 g/mol. The topological polar surface area (TPSA) is 9.23 Å². The van der Waals surface area contributed by atoms with E-state index in [2.05, 4.69) is 47.1 Å². The summed E-state index contributed by atoms with van der Waals surface area (Å²) in [6.45, 7) is 5.81. The van der Waals surface area contributed by atoms with Crippen LogP contribution in [-0.2, 0) is 4.74 Å². The van der Waals surface area contributed by atoms with Gasteiger partial charge in [-0.2, -0.15) is 0 Å². The molecular formula is C13H19BrO. The number of hydrogen-bond acceptors (Lipinski definition) is 1. The van der Waals surface area contributed by atoms with Crippen LogP contribution in [0.25, 0.3) is 0 Å². The molecule has 0 saturated heterocycles. The fraction of sp³-hybridized carbons (Fsp3) is 0.538. The third-order valence-electron chi connectivity index (χ3n) is 2.55. The molecule has 0 saturated carbocycles. The zero-order valence-corrected chi connectivity index (χ0v) is 11.1. The Morgan fingerprint density at radius 1 is 1.27 bits per heavy atom. The molecule has 1 unspecified atom stereocenters. The van der Waals surface area contributed by atoms with Crippen molar-refractivity contribution >= 4 is 15.9 Å². The van der Waals surface area contributed by atoms with Crippen LogP contribution in [0.4, 0.5) is 0 Å². The van der Waals surface area contributed by atoms with Crippen molar-refractivity contribution in [3.63, 3.8) is 0 Å². The minimum Gasteiger partial charge on any atom is -0.382 e. The van der Waals surface area contributed by atoms with Crippen LogP contribution in [0.3, 0.4) is 0 Å². The van der Waals surface area contributed by atoms with Crippen molar-refractivity contribution in [2.24, 2.45) is 0 Å². The van der Waals surface area contributed by atoms with Crippen LogP contribution in [0.2, 0.25) is 0 Å². The smallest absolute Gasteiger partial charge is 0.0472 e. The summed E-state index contributed by atoms with van der Waals surface area (Å²) < 4.78 is 5.39. The van der Waals surface area contributed by atoms with Crippen LogP contribution >= 0.6 is 15.9 Å². The van der Waals surface area contributed by atoms with E-state index in [1.807, 2.05) is 6.92 Å². The lowest BCUT2D eigenvalue weighted by Gasteiger charge is -2.14. The fourth-order valence-electron chi connectivity index (χ4n) is 1.54. The Hall–Kier alpha value is -0.340. The Morgan fingerprint density at radius 3 is 2.47 bits per heavy atom. The van der Waals surface area contributed by atoms with Gasteiger partial charge in [-0.25, -0.2) is 0 Å². The number of aryl methyl sites for hydroxylation is 1. The molecule has 0 aliphatic carbocycles. The quantitative estimate of drug-likeness (QED) is 0.563. The van der Waals surface area contributed by atoms with Crippen molar-refractivity contribution < 1.29 is 4.74 Å². The van der Waals surface area contributed by atoms with Crippen LogP contribution in [0.5, 0.6) is 0 Å². The summed E-state index contributed by atoms with van der Waals surface area (Å²) in [6.07, 6.45) is 1.09. The van der Waals surface area contributed by atoms with E-state index >= 15 is 0 Å². The molecule has 1 aromatic carbocycles. The summed E-state index contributed by atoms with van der Waals surface area (Å²) in [5.41, 5.74) is 2.72. The summed E-state index contributed by atoms with van der Waals surface area (Å²) in [5.74, 6) is 0.567. The molecule has 0 aliphatic heterocycles. The first kappa shape index (κ1) is 12.7. The van der Waals surface area contributed by atoms with Gasteiger partial charge in [0, 0.05) is 18.5 Å². The largest absolute Gasteiger partial charge is 0.382 e. The van der Waals surface area contributed by atoms with E-state index < -0.39 is 0 Å². The van der Waals surface area contributed by atoms with Crippen molar-refractivity contribution in [2.75, 3.05) is 18.5 Å². The molecule has 0 N–H and O–H groups in total. The van der Waals surface area contributed by atoms with Crippen LogP contribution in [0, 0.1) is 6.92 Å². The number of halogens is 1. The molecule has 0 aliphatic rings. The van der Waals surface area contributed by atoms with Gasteiger partial charge in [0.2, 0.25) is 0 Å². The lowest BCUT2D eigenvalue weighted by atomic mass is 9.97. The van der Waals surface area contributed by atoms with Crippen LogP contribution in [0.15, 0.2) is 24.3 Å². The number of alkyl halides is 1. The lowest BCUT2D eigenvalue weighted by Crippen LogP contribution is -2.05. The molecule has 0 radical (unpaired) electrons. The third-order valence-corrected chi connectivity index (χ3v) is 3.33. The lowest BCUT2D eigenvalue weighted by molar-refractivity contribution is 0.141. The van der Waals surface area contributed by atoms with E-state index in [0.29, 0.717) is 5.92 Å². The second-order valence-electron chi connectivity index (χ2n) is 3.75. The van der Waals surface area contributed by atoms with Crippen molar-refractivity contribution in [1.82, 2.24) is 0 Å². The SMILES string of the molecule is CCOCCC(CBr)c1ccc(C)cc1. The van der Waals surface area contributed by atoms with Gasteiger partial charge < -0.3 is 4.74 Å². The Kier molecular flexibility index (Phi) is 5.96. The minimum atomic E-state index is 0.567. The first-order valence-electron chi connectivity index (χ1n) is 5.48. The van der Waals surface area contributed by atoms with Gasteiger partial charge >= 0.3 is 0 Å². The maximum atomic E-state index is 5.39. The molecule has 0 heterocycles. The van der Waals surface area contributed by atoms with E-state index in [1.54, 1.807) is 0 Å². The van der Waals surface area contributed by atoms with Gasteiger partial charge in [-0.3, -0.25) is 0 Å². The highest BCUT2D eigenvalue weighted by molar-refractivity contribution is 9.09. The Labute approximate surface area is 101 Å². The van der Waals surface area contributed by atoms with E-state index in [9.17, 15) is 0 Å². The molecule has 0 spiro atoms. The minimum absolute atomic E-state index is 0.567. The highest BCUT2D eigenvalue weighted by atomic mass is 79.9. The summed E-state index contributed by atoms with van der Waals surface area (Å²) >= 11 is 3.57. The summed E-state index contributed by atoms with van der Waals surface area (Å²) in [6, 6.07) is 8.78. The molecule has 0 aromatic heterocycles. The zero-order chi connectivity index (χ0) is 11.1. The van der Waals surface area contributed by atoms with Gasteiger partial charge in [0.15, 0.2) is 0 Å². The molecule has 2 heteroatoms. The standard InChI is InChI=1S/C13H19BrO/c1-3-15-9-8-13(10-14)12-6-4-11(2)5-7-12/h4-7,13H,3,8-10H2,1-2H3. The molecule has 1 nitrogen and oxygen atoms in total. The summed E-state index contributed by atoms with van der Waals surface area (Å²) in [5, 5.41) is 1.00. The highest BCUT2D eigenvalue weighted by Gasteiger charge is 2.09. The third kappa shape index (κ3) is 4.35. The van der Waals surface area contributed by atoms with E-state index in [4.69, 9.17) is 4.74 Å². The molecule has 1 rings (SSSR count). The fourth-order valence-corrected chi connectivity index (χ4v) is 2.24. The molecule has 15 heavy (non-hydrogen) atoms. The van der Waals surface area contributed by atoms with Crippen LogP contribution in [0.1, 0.15) is 30.4 Å². The van der Waals surface area contributed by atoms with Crippen molar-refractivity contribution in [3.05, 3.63) is 35.4 Å². The van der Waals surface area contributed by atoms with Crippen molar-refractivity contribution in [2.45, 2.75) is 26.2 Å². The van der Waals surface area contributed by atoms with Crippen molar-refractivity contribution in [1.29, 1.82) is 0 Å². The summed E-state index contributed by atoms with van der Waals surface area (Å²) in [4.78, 5) is 0. The van der Waals surface area contributed by atoms with Gasteiger partial charge in [-0.05, 0) is 31.7 Å². The maximum Gasteiger partial charge on any atom is 0.0472 e. The van der Waals surface area contributed by atoms with Gasteiger partial charge in [0.1, 0.15) is 0 Å². The van der Waals surface area contributed by atoms with Crippen LogP contribution < -0.4 is 0 Å². The first-order chi connectivity index (χ1) is 7.27. The summed E-state index contributed by atoms with van der Waals surface area (Å²) in [7, 11) is 0. The molecule has 84 valence electrons. The van der Waals surface area contributed by atoms with Gasteiger partial charge in [-0.1, -0.05) is 45.8 Å². The average Bonchev–Trinajstić information content (AvgIpc) is 2.26. The number of rotatable bonds is 6. The Balaban J connectivity index is 2.53. The molecule has 1 atom stereocenters.